The van der Waals surface area contributed by atoms with Gasteiger partial charge in [0.1, 0.15) is 10.9 Å². The van der Waals surface area contributed by atoms with Crippen LogP contribution >= 0.6 is 0 Å². The fourth-order valence-corrected chi connectivity index (χ4v) is 3.05. The molecule has 3 N–H and O–H groups in total. The second kappa shape index (κ2) is 8.13. The van der Waals surface area contributed by atoms with E-state index >= 15 is 0 Å². The molecule has 3 rings (SSSR count). The Hall–Kier alpha value is -3.00. The van der Waals surface area contributed by atoms with Crippen molar-refractivity contribution in [3.63, 3.8) is 0 Å². The zero-order valence-electron chi connectivity index (χ0n) is 15.6. The Balaban J connectivity index is 2.16. The number of nitrogens with zero attached hydrogens (tertiary/aromatic N) is 3. The predicted molar refractivity (Wildman–Crippen MR) is 103 cm³/mol. The van der Waals surface area contributed by atoms with Crippen LogP contribution in [0.2, 0.25) is 0 Å². The minimum absolute atomic E-state index is 0.228. The van der Waals surface area contributed by atoms with Crippen LogP contribution in [0.25, 0.3) is 16.7 Å². The summed E-state index contributed by atoms with van der Waals surface area (Å²) in [7, 11) is 1.61. The number of methoxy groups -OCH3 is 1. The molecular formula is C19H24N5O3+. The standard InChI is InChI=1S/C19H23N5O3/c1-3-9-24-16(20)13(18(25)21-8-6-11-27-2)12-14-17(24)22-15-7-4-5-10-23(15)19(14)26/h4-5,7,10,12,20H,3,6,8-9,11H2,1-2H3,(H,21,25)/p+1. The minimum Gasteiger partial charge on any atom is -0.385 e. The van der Waals surface area contributed by atoms with Gasteiger partial charge in [-0.1, -0.05) is 18.0 Å². The van der Waals surface area contributed by atoms with E-state index in [-0.39, 0.29) is 17.0 Å². The molecule has 0 fully saturated rings. The van der Waals surface area contributed by atoms with Gasteiger partial charge >= 0.3 is 0 Å². The van der Waals surface area contributed by atoms with E-state index in [2.05, 4.69) is 10.3 Å². The second-order valence-electron chi connectivity index (χ2n) is 6.28. The van der Waals surface area contributed by atoms with Crippen LogP contribution in [0.1, 0.15) is 30.1 Å². The van der Waals surface area contributed by atoms with Crippen molar-refractivity contribution in [3.05, 3.63) is 46.4 Å². The monoisotopic (exact) mass is 370 g/mol. The van der Waals surface area contributed by atoms with Crippen LogP contribution in [0, 0.1) is 0 Å². The number of hydrogen-bond donors (Lipinski definition) is 2. The van der Waals surface area contributed by atoms with Gasteiger partial charge < -0.3 is 15.8 Å². The second-order valence-corrected chi connectivity index (χ2v) is 6.28. The molecule has 3 aromatic rings. The van der Waals surface area contributed by atoms with Gasteiger partial charge in [0.2, 0.25) is 11.5 Å². The maximum Gasteiger partial charge on any atom is 0.278 e. The molecule has 0 unspecified atom stereocenters. The van der Waals surface area contributed by atoms with Gasteiger partial charge in [0.15, 0.2) is 0 Å². The van der Waals surface area contributed by atoms with Gasteiger partial charge in [-0.15, -0.1) is 0 Å². The molecule has 0 aliphatic heterocycles. The highest BCUT2D eigenvalue weighted by atomic mass is 16.5. The molecule has 3 aromatic heterocycles. The fourth-order valence-electron chi connectivity index (χ4n) is 3.05. The predicted octanol–water partition coefficient (Wildman–Crippen LogP) is 0.894. The lowest BCUT2D eigenvalue weighted by molar-refractivity contribution is -0.658. The molecule has 0 saturated heterocycles. The molecule has 0 aliphatic carbocycles. The van der Waals surface area contributed by atoms with Crippen LogP contribution in [0.5, 0.6) is 0 Å². The van der Waals surface area contributed by atoms with Crippen molar-refractivity contribution in [1.29, 1.82) is 0 Å². The summed E-state index contributed by atoms with van der Waals surface area (Å²) in [4.78, 5) is 30.2. The number of pyridine rings is 2. The molecule has 142 valence electrons. The first-order chi connectivity index (χ1) is 13.1. The number of hydrogen-bond acceptors (Lipinski definition) is 5. The Morgan fingerprint density at radius 3 is 2.96 bits per heavy atom. The largest absolute Gasteiger partial charge is 0.385 e. The van der Waals surface area contributed by atoms with E-state index in [0.29, 0.717) is 48.6 Å². The highest BCUT2D eigenvalue weighted by molar-refractivity contribution is 6.00. The number of carbonyl (C=O) groups excluding carboxylic acids is 1. The molecule has 0 spiro atoms. The summed E-state index contributed by atoms with van der Waals surface area (Å²) < 4.78 is 8.20. The Bertz CT molecular complexity index is 1040. The summed E-state index contributed by atoms with van der Waals surface area (Å²) in [6, 6.07) is 6.90. The average Bonchev–Trinajstić information content (AvgIpc) is 2.67. The van der Waals surface area contributed by atoms with Crippen molar-refractivity contribution < 1.29 is 14.1 Å². The minimum atomic E-state index is -0.312. The third-order valence-electron chi connectivity index (χ3n) is 4.36. The van der Waals surface area contributed by atoms with Crippen LogP contribution in [0.15, 0.2) is 35.3 Å². The Morgan fingerprint density at radius 1 is 1.41 bits per heavy atom. The van der Waals surface area contributed by atoms with Crippen LogP contribution in [0.3, 0.4) is 0 Å². The quantitative estimate of drug-likeness (QED) is 0.365. The normalized spacial score (nSPS) is 11.2. The number of ether oxygens (including phenoxy) is 1. The van der Waals surface area contributed by atoms with Crippen molar-refractivity contribution in [2.24, 2.45) is 0 Å². The highest BCUT2D eigenvalue weighted by Gasteiger charge is 2.23. The smallest absolute Gasteiger partial charge is 0.278 e. The van der Waals surface area contributed by atoms with Crippen molar-refractivity contribution in [2.45, 2.75) is 26.3 Å². The van der Waals surface area contributed by atoms with Crippen molar-refractivity contribution in [1.82, 2.24) is 14.7 Å². The van der Waals surface area contributed by atoms with E-state index in [0.717, 1.165) is 6.42 Å². The van der Waals surface area contributed by atoms with Gasteiger partial charge in [0.05, 0.1) is 6.54 Å². The maximum absolute atomic E-state index is 13.0. The summed E-state index contributed by atoms with van der Waals surface area (Å²) in [5.41, 5.74) is 7.37. The fraction of sp³-hybridized carbons (Fsp3) is 0.368. The van der Waals surface area contributed by atoms with Gasteiger partial charge in [-0.25, -0.2) is 4.57 Å². The number of nitrogen functional groups attached to an aromatic ring is 1. The van der Waals surface area contributed by atoms with Gasteiger partial charge in [0, 0.05) is 26.5 Å². The number of aryl methyl sites for hydroxylation is 1. The summed E-state index contributed by atoms with van der Waals surface area (Å²) >= 11 is 0. The van der Waals surface area contributed by atoms with E-state index in [1.54, 1.807) is 30.0 Å². The topological polar surface area (TPSA) is 103 Å². The van der Waals surface area contributed by atoms with Crippen molar-refractivity contribution >= 4 is 28.4 Å². The summed E-state index contributed by atoms with van der Waals surface area (Å²) in [5, 5.41) is 3.19. The van der Waals surface area contributed by atoms with Gasteiger partial charge in [-0.2, -0.15) is 0 Å². The average molecular weight is 370 g/mol. The van der Waals surface area contributed by atoms with Gasteiger partial charge in [-0.3, -0.25) is 14.0 Å². The first-order valence-electron chi connectivity index (χ1n) is 8.99. The Morgan fingerprint density at radius 2 is 2.22 bits per heavy atom. The SMILES string of the molecule is CCC[n+]1c(N)c(C(=O)NCCCOC)cc2c(=O)n3ccccc3nc21. The zero-order chi connectivity index (χ0) is 19.4. The van der Waals surface area contributed by atoms with Crippen molar-refractivity contribution in [3.8, 4) is 0 Å². The maximum atomic E-state index is 13.0. The van der Waals surface area contributed by atoms with E-state index in [4.69, 9.17) is 10.5 Å². The molecule has 8 nitrogen and oxygen atoms in total. The number of aromatic nitrogens is 3. The van der Waals surface area contributed by atoms with Crippen LogP contribution in [-0.4, -0.2) is 35.6 Å². The highest BCUT2D eigenvalue weighted by Crippen LogP contribution is 2.14. The number of rotatable bonds is 7. The lowest BCUT2D eigenvalue weighted by Gasteiger charge is -2.12. The Labute approximate surface area is 156 Å². The summed E-state index contributed by atoms with van der Waals surface area (Å²) in [6.07, 6.45) is 3.15. The Kier molecular flexibility index (Phi) is 5.66. The molecule has 27 heavy (non-hydrogen) atoms. The number of nitrogens with one attached hydrogen (secondary N) is 1. The lowest BCUT2D eigenvalue weighted by Crippen LogP contribution is -2.42. The van der Waals surface area contributed by atoms with Crippen LogP contribution in [0.4, 0.5) is 5.82 Å². The molecule has 0 saturated carbocycles. The number of fused-ring (bicyclic) bond motifs is 2. The van der Waals surface area contributed by atoms with E-state index in [1.165, 1.54) is 10.5 Å². The van der Waals surface area contributed by atoms with Gasteiger partial charge in [0.25, 0.3) is 17.1 Å². The molecule has 0 atom stereocenters. The van der Waals surface area contributed by atoms with E-state index in [1.807, 2.05) is 13.0 Å². The van der Waals surface area contributed by atoms with Crippen LogP contribution in [-0.2, 0) is 11.3 Å². The molecular weight excluding hydrogens is 346 g/mol. The first-order valence-corrected chi connectivity index (χ1v) is 8.99. The zero-order valence-corrected chi connectivity index (χ0v) is 15.6. The van der Waals surface area contributed by atoms with Crippen LogP contribution < -0.4 is 21.2 Å². The van der Waals surface area contributed by atoms with E-state index in [9.17, 15) is 9.59 Å². The number of carbonyl (C=O) groups is 1. The van der Waals surface area contributed by atoms with Gasteiger partial charge in [-0.05, 0) is 31.0 Å². The number of anilines is 1. The molecule has 1 amide bonds. The molecule has 0 radical (unpaired) electrons. The van der Waals surface area contributed by atoms with Crippen molar-refractivity contribution in [2.75, 3.05) is 26.0 Å². The molecule has 0 aromatic carbocycles. The number of amides is 1. The van der Waals surface area contributed by atoms with E-state index < -0.39 is 0 Å². The third kappa shape index (κ3) is 3.61. The molecule has 8 heteroatoms. The first kappa shape index (κ1) is 18.8. The third-order valence-corrected chi connectivity index (χ3v) is 4.36. The summed E-state index contributed by atoms with van der Waals surface area (Å²) in [5.74, 6) is -0.00585. The molecule has 0 bridgehead atoms. The summed E-state index contributed by atoms with van der Waals surface area (Å²) in [6.45, 7) is 3.58. The molecule has 0 aliphatic rings. The molecule has 3 heterocycles. The number of nitrogens with two attached hydrogens (primary N) is 1. The lowest BCUT2D eigenvalue weighted by atomic mass is 10.1.